The minimum atomic E-state index is -4.45. The zero-order chi connectivity index (χ0) is 57.9. The van der Waals surface area contributed by atoms with Gasteiger partial charge in [-0.05, 0) is 70.3 Å². The number of hydrogen-bond acceptors (Lipinski definition) is 6. The van der Waals surface area contributed by atoms with Crippen molar-refractivity contribution in [3.05, 3.63) is 48.6 Å². The highest BCUT2D eigenvalue weighted by Gasteiger charge is 2.30. The Kier molecular flexibility index (Phi) is 57.6. The Balaban J connectivity index is 5.04. The number of rotatable bonds is 62. The zero-order valence-electron chi connectivity index (χ0n) is 53.1. The smallest absolute Gasteiger partial charge is 0.456 e. The van der Waals surface area contributed by atoms with Crippen LogP contribution in [0, 0.1) is 0 Å². The molecule has 1 amide bonds. The number of quaternary nitrogens is 1. The standard InChI is InChI=1S/C69H131N2O7P/c1-7-10-13-16-19-22-25-27-29-31-32-33-34-35-36-37-38-40-41-43-46-49-52-55-58-61-68(72)70-66(65-77-79(74,75)76-64-63-71(4,5)6)67(60-57-54-51-48-45-24-21-18-15-12-9-3)78-69(73)62-59-56-53-50-47-44-42-39-30-28-26-23-20-17-14-11-8-2/h19,22,27,29,32-33,57,60,66-67H,7-18,20-21,23-26,28,30-31,34-56,58-59,61-65H2,1-6H3,(H-,70,72,74,75)/p+1/b22-19-,29-27-,33-32-,60-57-. The third-order valence-corrected chi connectivity index (χ3v) is 16.3. The summed E-state index contributed by atoms with van der Waals surface area (Å²) in [6, 6.07) is -0.847. The number of phosphoric acid groups is 1. The fourth-order valence-electron chi connectivity index (χ4n) is 10.0. The number of amides is 1. The van der Waals surface area contributed by atoms with Crippen molar-refractivity contribution in [2.24, 2.45) is 0 Å². The molecule has 0 aliphatic rings. The molecular weight excluding hydrogens is 1000 g/mol. The van der Waals surface area contributed by atoms with Gasteiger partial charge >= 0.3 is 13.8 Å². The molecule has 0 rings (SSSR count). The van der Waals surface area contributed by atoms with Gasteiger partial charge in [0.15, 0.2) is 0 Å². The van der Waals surface area contributed by atoms with Crippen molar-refractivity contribution in [1.29, 1.82) is 0 Å². The van der Waals surface area contributed by atoms with Crippen LogP contribution >= 0.6 is 7.82 Å². The van der Waals surface area contributed by atoms with Crippen LogP contribution in [0.3, 0.4) is 0 Å². The molecule has 0 aromatic carbocycles. The number of unbranched alkanes of at least 4 members (excludes halogenated alkanes) is 40. The molecule has 0 spiro atoms. The van der Waals surface area contributed by atoms with E-state index in [1.165, 1.54) is 225 Å². The van der Waals surface area contributed by atoms with E-state index in [9.17, 15) is 19.0 Å². The maximum atomic E-state index is 13.6. The van der Waals surface area contributed by atoms with Crippen LogP contribution in [0.4, 0.5) is 0 Å². The lowest BCUT2D eigenvalue weighted by atomic mass is 10.0. The average Bonchev–Trinajstić information content (AvgIpc) is 3.41. The van der Waals surface area contributed by atoms with Gasteiger partial charge in [0.25, 0.3) is 0 Å². The minimum Gasteiger partial charge on any atom is -0.456 e. The number of carbonyl (C=O) groups excluding carboxylic acids is 2. The van der Waals surface area contributed by atoms with E-state index in [1.807, 2.05) is 33.3 Å². The zero-order valence-corrected chi connectivity index (χ0v) is 54.0. The van der Waals surface area contributed by atoms with Gasteiger partial charge in [0.1, 0.15) is 19.3 Å². The summed E-state index contributed by atoms with van der Waals surface area (Å²) in [5.74, 6) is -0.493. The van der Waals surface area contributed by atoms with Crippen molar-refractivity contribution in [2.45, 2.75) is 341 Å². The maximum Gasteiger partial charge on any atom is 0.472 e. The second-order valence-electron chi connectivity index (χ2n) is 24.4. The molecule has 9 nitrogen and oxygen atoms in total. The molecule has 0 saturated heterocycles. The van der Waals surface area contributed by atoms with Gasteiger partial charge in [-0.15, -0.1) is 0 Å². The number of allylic oxidation sites excluding steroid dienone is 7. The second-order valence-corrected chi connectivity index (χ2v) is 25.8. The number of carbonyl (C=O) groups is 2. The molecule has 79 heavy (non-hydrogen) atoms. The van der Waals surface area contributed by atoms with Crippen LogP contribution in [-0.4, -0.2) is 74.3 Å². The summed E-state index contributed by atoms with van der Waals surface area (Å²) in [6.45, 7) is 7.02. The highest BCUT2D eigenvalue weighted by atomic mass is 31.2. The molecular formula is C69H132N2O7P+. The lowest BCUT2D eigenvalue weighted by molar-refractivity contribution is -0.870. The lowest BCUT2D eigenvalue weighted by Gasteiger charge is -2.27. The summed E-state index contributed by atoms with van der Waals surface area (Å²) < 4.78 is 30.8. The van der Waals surface area contributed by atoms with Gasteiger partial charge < -0.3 is 19.4 Å². The summed E-state index contributed by atoms with van der Waals surface area (Å²) in [7, 11) is 1.51. The van der Waals surface area contributed by atoms with E-state index < -0.39 is 20.0 Å². The van der Waals surface area contributed by atoms with Crippen LogP contribution in [0.1, 0.15) is 329 Å². The Morgan fingerprint density at radius 1 is 0.443 bits per heavy atom. The van der Waals surface area contributed by atoms with Gasteiger partial charge in [0, 0.05) is 12.8 Å². The van der Waals surface area contributed by atoms with Gasteiger partial charge in [-0.25, -0.2) is 4.57 Å². The highest BCUT2D eigenvalue weighted by molar-refractivity contribution is 7.47. The minimum absolute atomic E-state index is 0.0416. The molecule has 0 aromatic rings. The SMILES string of the molecule is CCCCC/C=C\C/C=C\C/C=C\CCCCCCCCCCCCCCC(=O)NC(COP(=O)(O)OCC[N+](C)(C)C)C(/C=C\CCCCCCCCCCC)OC(=O)CCCCCCCCCCCCCCCCCCC. The van der Waals surface area contributed by atoms with Crippen LogP contribution in [-0.2, 0) is 27.9 Å². The first-order chi connectivity index (χ1) is 38.4. The van der Waals surface area contributed by atoms with Crippen LogP contribution < -0.4 is 5.32 Å². The Morgan fingerprint density at radius 3 is 1.18 bits per heavy atom. The number of ether oxygens (including phenoxy) is 1. The van der Waals surface area contributed by atoms with E-state index in [0.29, 0.717) is 23.9 Å². The fraction of sp³-hybridized carbons (Fsp3) is 0.855. The molecule has 0 radical (unpaired) electrons. The van der Waals surface area contributed by atoms with Crippen LogP contribution in [0.15, 0.2) is 48.6 Å². The molecule has 0 saturated carbocycles. The largest absolute Gasteiger partial charge is 0.472 e. The van der Waals surface area contributed by atoms with Crippen molar-refractivity contribution in [3.63, 3.8) is 0 Å². The quantitative estimate of drug-likeness (QED) is 0.0205. The summed E-state index contributed by atoms with van der Waals surface area (Å²) in [4.78, 5) is 37.8. The summed E-state index contributed by atoms with van der Waals surface area (Å²) in [6.07, 6.45) is 74.0. The predicted octanol–water partition coefficient (Wildman–Crippen LogP) is 21.2. The van der Waals surface area contributed by atoms with Crippen LogP contribution in [0.5, 0.6) is 0 Å². The molecule has 3 unspecified atom stereocenters. The molecule has 0 aromatic heterocycles. The Hall–Kier alpha value is -2.03. The molecule has 0 aliphatic heterocycles. The van der Waals surface area contributed by atoms with Gasteiger partial charge in [0.05, 0.1) is 33.8 Å². The number of hydrogen-bond donors (Lipinski definition) is 2. The normalized spacial score (nSPS) is 13.9. The molecule has 3 atom stereocenters. The van der Waals surface area contributed by atoms with E-state index in [4.69, 9.17) is 13.8 Å². The summed E-state index contributed by atoms with van der Waals surface area (Å²) in [5.41, 5.74) is 0. The van der Waals surface area contributed by atoms with Crippen molar-refractivity contribution < 1.29 is 37.3 Å². The molecule has 10 heteroatoms. The van der Waals surface area contributed by atoms with Gasteiger partial charge in [-0.3, -0.25) is 18.6 Å². The first-order valence-corrected chi connectivity index (χ1v) is 35.5. The van der Waals surface area contributed by atoms with Crippen molar-refractivity contribution in [1.82, 2.24) is 5.32 Å². The molecule has 0 fully saturated rings. The first-order valence-electron chi connectivity index (χ1n) is 34.0. The summed E-state index contributed by atoms with van der Waals surface area (Å²) >= 11 is 0. The summed E-state index contributed by atoms with van der Waals surface area (Å²) in [5, 5.41) is 3.07. The third-order valence-electron chi connectivity index (χ3n) is 15.3. The number of esters is 1. The topological polar surface area (TPSA) is 111 Å². The lowest BCUT2D eigenvalue weighted by Crippen LogP contribution is -2.47. The van der Waals surface area contributed by atoms with Gasteiger partial charge in [-0.1, -0.05) is 294 Å². The van der Waals surface area contributed by atoms with Gasteiger partial charge in [-0.2, -0.15) is 0 Å². The molecule has 2 N–H and O–H groups in total. The van der Waals surface area contributed by atoms with Crippen molar-refractivity contribution >= 4 is 19.7 Å². The van der Waals surface area contributed by atoms with E-state index in [1.54, 1.807) is 0 Å². The Labute approximate surface area is 490 Å². The van der Waals surface area contributed by atoms with Gasteiger partial charge in [0.2, 0.25) is 5.91 Å². The van der Waals surface area contributed by atoms with Crippen LogP contribution in [0.2, 0.25) is 0 Å². The number of nitrogens with one attached hydrogen (secondary N) is 1. The fourth-order valence-corrected chi connectivity index (χ4v) is 10.7. The van der Waals surface area contributed by atoms with Crippen molar-refractivity contribution in [2.75, 3.05) is 40.9 Å². The Bertz CT molecular complexity index is 1490. The van der Waals surface area contributed by atoms with E-state index in [2.05, 4.69) is 62.5 Å². The maximum absolute atomic E-state index is 13.6. The van der Waals surface area contributed by atoms with E-state index in [-0.39, 0.29) is 25.1 Å². The molecule has 0 heterocycles. The molecule has 0 aliphatic carbocycles. The van der Waals surface area contributed by atoms with E-state index in [0.717, 1.165) is 70.6 Å². The van der Waals surface area contributed by atoms with E-state index >= 15 is 0 Å². The average molecular weight is 1130 g/mol. The number of phosphoric ester groups is 1. The van der Waals surface area contributed by atoms with Crippen molar-refractivity contribution in [3.8, 4) is 0 Å². The third kappa shape index (κ3) is 60.4. The van der Waals surface area contributed by atoms with Crippen LogP contribution in [0.25, 0.3) is 0 Å². The Morgan fingerprint density at radius 2 is 0.772 bits per heavy atom. The second kappa shape index (κ2) is 59.1. The highest BCUT2D eigenvalue weighted by Crippen LogP contribution is 2.43. The number of nitrogens with zero attached hydrogens (tertiary/aromatic N) is 1. The monoisotopic (exact) mass is 1130 g/mol. The molecule has 464 valence electrons. The first kappa shape index (κ1) is 77.0. The number of likely N-dealkylation sites (N-methyl/N-ethyl adjacent to an activating group) is 1. The predicted molar refractivity (Wildman–Crippen MR) is 342 cm³/mol. The molecule has 0 bridgehead atoms.